The fourth-order valence-electron chi connectivity index (χ4n) is 3.22. The van der Waals surface area contributed by atoms with Crippen molar-refractivity contribution in [1.29, 1.82) is 0 Å². The molecule has 0 radical (unpaired) electrons. The number of carboxylic acids is 1. The highest BCUT2D eigenvalue weighted by molar-refractivity contribution is 5.84. The monoisotopic (exact) mass is 317 g/mol. The molecule has 0 bridgehead atoms. The maximum atomic E-state index is 12.2. The SMILES string of the molecule is CC(C)Cc1ccc(CCCC(=O)N2CCCC2C(=O)O)cc1. The molecule has 2 rings (SSSR count). The molecular formula is C19H27NO3. The number of carboxylic acid groups (broad SMARTS) is 1. The lowest BCUT2D eigenvalue weighted by molar-refractivity contribution is -0.148. The van der Waals surface area contributed by atoms with Crippen molar-refractivity contribution < 1.29 is 14.7 Å². The molecule has 1 aliphatic heterocycles. The van der Waals surface area contributed by atoms with Gasteiger partial charge >= 0.3 is 5.97 Å². The number of carbonyl (C=O) groups excluding carboxylic acids is 1. The van der Waals surface area contributed by atoms with E-state index in [1.807, 2.05) is 0 Å². The Balaban J connectivity index is 1.78. The lowest BCUT2D eigenvalue weighted by Gasteiger charge is -2.21. The van der Waals surface area contributed by atoms with Crippen LogP contribution in [0.25, 0.3) is 0 Å². The van der Waals surface area contributed by atoms with E-state index in [2.05, 4.69) is 38.1 Å². The van der Waals surface area contributed by atoms with Crippen LogP contribution < -0.4 is 0 Å². The third-order valence-electron chi connectivity index (χ3n) is 4.38. The van der Waals surface area contributed by atoms with Crippen LogP contribution in [-0.4, -0.2) is 34.5 Å². The molecule has 1 aromatic rings. The summed E-state index contributed by atoms with van der Waals surface area (Å²) in [5.74, 6) is -0.246. The Labute approximate surface area is 138 Å². The number of rotatable bonds is 7. The van der Waals surface area contributed by atoms with E-state index in [1.165, 1.54) is 16.0 Å². The summed E-state index contributed by atoms with van der Waals surface area (Å²) in [5, 5.41) is 9.13. The van der Waals surface area contributed by atoms with Crippen LogP contribution in [0, 0.1) is 5.92 Å². The second-order valence-corrected chi connectivity index (χ2v) is 6.85. The summed E-state index contributed by atoms with van der Waals surface area (Å²) in [7, 11) is 0. The quantitative estimate of drug-likeness (QED) is 0.839. The summed E-state index contributed by atoms with van der Waals surface area (Å²) < 4.78 is 0. The van der Waals surface area contributed by atoms with E-state index in [9.17, 15) is 9.59 Å². The molecule has 126 valence electrons. The van der Waals surface area contributed by atoms with Crippen molar-refractivity contribution in [3.8, 4) is 0 Å². The molecule has 1 saturated heterocycles. The summed E-state index contributed by atoms with van der Waals surface area (Å²) in [6, 6.07) is 7.99. The maximum absolute atomic E-state index is 12.2. The summed E-state index contributed by atoms with van der Waals surface area (Å²) in [4.78, 5) is 24.9. The zero-order chi connectivity index (χ0) is 16.8. The molecule has 4 nitrogen and oxygen atoms in total. The van der Waals surface area contributed by atoms with Gasteiger partial charge in [0, 0.05) is 13.0 Å². The van der Waals surface area contributed by atoms with Gasteiger partial charge in [0.25, 0.3) is 0 Å². The number of likely N-dealkylation sites (tertiary alicyclic amines) is 1. The minimum atomic E-state index is -0.878. The van der Waals surface area contributed by atoms with Crippen LogP contribution in [0.2, 0.25) is 0 Å². The zero-order valence-corrected chi connectivity index (χ0v) is 14.1. The molecule has 0 aliphatic carbocycles. The van der Waals surface area contributed by atoms with E-state index in [1.54, 1.807) is 0 Å². The van der Waals surface area contributed by atoms with Crippen molar-refractivity contribution in [2.75, 3.05) is 6.54 Å². The minimum absolute atomic E-state index is 0.0219. The molecule has 1 aromatic carbocycles. The standard InChI is InChI=1S/C19H27NO3/c1-14(2)13-16-10-8-15(9-11-16)5-3-7-18(21)20-12-4-6-17(20)19(22)23/h8-11,14,17H,3-7,12-13H2,1-2H3,(H,22,23). The van der Waals surface area contributed by atoms with Crippen molar-refractivity contribution >= 4 is 11.9 Å². The van der Waals surface area contributed by atoms with E-state index < -0.39 is 12.0 Å². The van der Waals surface area contributed by atoms with Gasteiger partial charge in [-0.2, -0.15) is 0 Å². The molecule has 4 heteroatoms. The first kappa shape index (κ1) is 17.5. The highest BCUT2D eigenvalue weighted by Crippen LogP contribution is 2.19. The zero-order valence-electron chi connectivity index (χ0n) is 14.1. The number of nitrogens with zero attached hydrogens (tertiary/aromatic N) is 1. The van der Waals surface area contributed by atoms with Crippen LogP contribution in [0.3, 0.4) is 0 Å². The van der Waals surface area contributed by atoms with Crippen LogP contribution in [-0.2, 0) is 22.4 Å². The molecule has 23 heavy (non-hydrogen) atoms. The predicted molar refractivity (Wildman–Crippen MR) is 90.3 cm³/mol. The number of benzene rings is 1. The average molecular weight is 317 g/mol. The van der Waals surface area contributed by atoms with E-state index in [-0.39, 0.29) is 5.91 Å². The summed E-state index contributed by atoms with van der Waals surface area (Å²) in [6.45, 7) is 5.00. The summed E-state index contributed by atoms with van der Waals surface area (Å²) in [6.07, 6.45) is 4.52. The van der Waals surface area contributed by atoms with Gasteiger partial charge in [-0.1, -0.05) is 38.1 Å². The van der Waals surface area contributed by atoms with Gasteiger partial charge in [-0.15, -0.1) is 0 Å². The fourth-order valence-corrected chi connectivity index (χ4v) is 3.22. The Kier molecular flexibility index (Phi) is 6.20. The number of aryl methyl sites for hydroxylation is 1. The first-order chi connectivity index (χ1) is 11.0. The van der Waals surface area contributed by atoms with Crippen LogP contribution in [0.15, 0.2) is 24.3 Å². The van der Waals surface area contributed by atoms with Crippen LogP contribution in [0.1, 0.15) is 50.7 Å². The van der Waals surface area contributed by atoms with Crippen molar-refractivity contribution in [1.82, 2.24) is 4.90 Å². The fraction of sp³-hybridized carbons (Fsp3) is 0.579. The normalized spacial score (nSPS) is 17.7. The molecule has 1 aliphatic rings. The average Bonchev–Trinajstić information content (AvgIpc) is 2.98. The summed E-state index contributed by atoms with van der Waals surface area (Å²) in [5.41, 5.74) is 2.59. The second kappa shape index (κ2) is 8.14. The van der Waals surface area contributed by atoms with Gasteiger partial charge in [0.1, 0.15) is 6.04 Å². The lowest BCUT2D eigenvalue weighted by Crippen LogP contribution is -2.40. The molecule has 1 amide bonds. The van der Waals surface area contributed by atoms with Crippen LogP contribution >= 0.6 is 0 Å². The van der Waals surface area contributed by atoms with E-state index >= 15 is 0 Å². The Morgan fingerprint density at radius 1 is 1.22 bits per heavy atom. The molecule has 1 atom stereocenters. The topological polar surface area (TPSA) is 57.6 Å². The van der Waals surface area contributed by atoms with E-state index in [0.29, 0.717) is 25.3 Å². The first-order valence-corrected chi connectivity index (χ1v) is 8.57. The van der Waals surface area contributed by atoms with Gasteiger partial charge in [-0.05, 0) is 49.1 Å². The van der Waals surface area contributed by atoms with Gasteiger partial charge in [-0.25, -0.2) is 4.79 Å². The highest BCUT2D eigenvalue weighted by atomic mass is 16.4. The van der Waals surface area contributed by atoms with Crippen molar-refractivity contribution in [2.45, 2.75) is 58.4 Å². The van der Waals surface area contributed by atoms with E-state index in [4.69, 9.17) is 5.11 Å². The van der Waals surface area contributed by atoms with Crippen molar-refractivity contribution in [3.05, 3.63) is 35.4 Å². The van der Waals surface area contributed by atoms with Gasteiger partial charge in [-0.3, -0.25) is 4.79 Å². The van der Waals surface area contributed by atoms with Gasteiger partial charge in [0.15, 0.2) is 0 Å². The summed E-state index contributed by atoms with van der Waals surface area (Å²) >= 11 is 0. The van der Waals surface area contributed by atoms with Gasteiger partial charge < -0.3 is 10.0 Å². The number of hydrogen-bond acceptors (Lipinski definition) is 2. The molecule has 1 heterocycles. The lowest BCUT2D eigenvalue weighted by atomic mass is 10.00. The van der Waals surface area contributed by atoms with Crippen molar-refractivity contribution in [2.24, 2.45) is 5.92 Å². The largest absolute Gasteiger partial charge is 0.480 e. The minimum Gasteiger partial charge on any atom is -0.480 e. The maximum Gasteiger partial charge on any atom is 0.326 e. The molecule has 1 fully saturated rings. The van der Waals surface area contributed by atoms with Crippen LogP contribution in [0.5, 0.6) is 0 Å². The Bertz CT molecular complexity index is 536. The smallest absolute Gasteiger partial charge is 0.326 e. The predicted octanol–water partition coefficient (Wildman–Crippen LogP) is 3.28. The number of hydrogen-bond donors (Lipinski definition) is 1. The second-order valence-electron chi connectivity index (χ2n) is 6.85. The number of amides is 1. The molecule has 1 N–H and O–H groups in total. The van der Waals surface area contributed by atoms with E-state index in [0.717, 1.165) is 25.7 Å². The first-order valence-electron chi connectivity index (χ1n) is 8.57. The number of carbonyl (C=O) groups is 2. The van der Waals surface area contributed by atoms with Gasteiger partial charge in [0.2, 0.25) is 5.91 Å². The molecule has 0 spiro atoms. The highest BCUT2D eigenvalue weighted by Gasteiger charge is 2.33. The Morgan fingerprint density at radius 3 is 2.48 bits per heavy atom. The third kappa shape index (κ3) is 5.08. The molecule has 1 unspecified atom stereocenters. The third-order valence-corrected chi connectivity index (χ3v) is 4.38. The van der Waals surface area contributed by atoms with Gasteiger partial charge in [0.05, 0.1) is 0 Å². The Morgan fingerprint density at radius 2 is 1.87 bits per heavy atom. The molecule has 0 saturated carbocycles. The van der Waals surface area contributed by atoms with Crippen molar-refractivity contribution in [3.63, 3.8) is 0 Å². The number of aliphatic carboxylic acids is 1. The van der Waals surface area contributed by atoms with Crippen LogP contribution in [0.4, 0.5) is 0 Å². The Hall–Kier alpha value is -1.84. The molecule has 0 aromatic heterocycles. The molecular weight excluding hydrogens is 290 g/mol.